The number of rotatable bonds is 6. The molecule has 0 aliphatic rings. The third-order valence-electron chi connectivity index (χ3n) is 2.35. The highest BCUT2D eigenvalue weighted by atomic mass is 16.5. The van der Waals surface area contributed by atoms with Gasteiger partial charge < -0.3 is 15.8 Å². The summed E-state index contributed by atoms with van der Waals surface area (Å²) in [5.74, 6) is -0.311. The van der Waals surface area contributed by atoms with Crippen molar-refractivity contribution in [3.63, 3.8) is 0 Å². The molecule has 0 radical (unpaired) electrons. The molecule has 0 bridgehead atoms. The minimum Gasteiger partial charge on any atom is -0.468 e. The number of hydrogen-bond acceptors (Lipinski definition) is 5. The van der Waals surface area contributed by atoms with Gasteiger partial charge >= 0.3 is 5.97 Å². The monoisotopic (exact) mass is 254 g/mol. The predicted octanol–water partition coefficient (Wildman–Crippen LogP) is 0.122. The zero-order chi connectivity index (χ0) is 13.5. The highest BCUT2D eigenvalue weighted by Gasteiger charge is 2.13. The van der Waals surface area contributed by atoms with Gasteiger partial charge in [0.05, 0.1) is 13.2 Å². The second-order valence-electron chi connectivity index (χ2n) is 3.86. The van der Waals surface area contributed by atoms with E-state index in [1.165, 1.54) is 11.8 Å². The largest absolute Gasteiger partial charge is 0.468 e. The Morgan fingerprint density at radius 2 is 2.33 bits per heavy atom. The van der Waals surface area contributed by atoms with Gasteiger partial charge in [-0.25, -0.2) is 0 Å². The Morgan fingerprint density at radius 3 is 2.94 bits per heavy atom. The molecule has 1 rings (SSSR count). The van der Waals surface area contributed by atoms with Crippen molar-refractivity contribution in [1.82, 2.24) is 9.78 Å². The van der Waals surface area contributed by atoms with Crippen molar-refractivity contribution >= 4 is 17.7 Å². The molecule has 7 nitrogen and oxygen atoms in total. The molecule has 0 aromatic carbocycles. The van der Waals surface area contributed by atoms with Gasteiger partial charge in [0.2, 0.25) is 5.91 Å². The predicted molar refractivity (Wildman–Crippen MR) is 65.8 cm³/mol. The number of aromatic nitrogens is 2. The number of nitrogens with one attached hydrogen (secondary N) is 1. The van der Waals surface area contributed by atoms with Gasteiger partial charge in [-0.15, -0.1) is 0 Å². The Hall–Kier alpha value is -1.89. The summed E-state index contributed by atoms with van der Waals surface area (Å²) in [7, 11) is 1.30. The molecule has 0 spiro atoms. The van der Waals surface area contributed by atoms with E-state index in [0.717, 1.165) is 6.42 Å². The van der Waals surface area contributed by atoms with Crippen molar-refractivity contribution in [3.8, 4) is 0 Å². The standard InChI is InChI=1S/C11H18N4O3/c1-3-4-8(12)11(17)13-9-5-6-15(14-9)7-10(16)18-2/h5-6,8H,3-4,7,12H2,1-2H3,(H,13,14,17). The molecule has 0 fully saturated rings. The van der Waals surface area contributed by atoms with Gasteiger partial charge in [-0.2, -0.15) is 5.10 Å². The molecule has 1 amide bonds. The van der Waals surface area contributed by atoms with Crippen molar-refractivity contribution in [2.75, 3.05) is 12.4 Å². The van der Waals surface area contributed by atoms with E-state index in [4.69, 9.17) is 5.73 Å². The van der Waals surface area contributed by atoms with Gasteiger partial charge in [0.25, 0.3) is 0 Å². The first-order chi connectivity index (χ1) is 8.56. The van der Waals surface area contributed by atoms with Crippen LogP contribution in [-0.4, -0.2) is 34.8 Å². The summed E-state index contributed by atoms with van der Waals surface area (Å²) in [5, 5.41) is 6.60. The topological polar surface area (TPSA) is 99.2 Å². The average molecular weight is 254 g/mol. The van der Waals surface area contributed by atoms with E-state index in [1.54, 1.807) is 12.3 Å². The van der Waals surface area contributed by atoms with Crippen LogP contribution >= 0.6 is 0 Å². The Balaban J connectivity index is 2.53. The minimum atomic E-state index is -0.541. The molecule has 100 valence electrons. The number of amides is 1. The van der Waals surface area contributed by atoms with E-state index in [0.29, 0.717) is 12.2 Å². The maximum absolute atomic E-state index is 11.6. The van der Waals surface area contributed by atoms with Crippen molar-refractivity contribution in [1.29, 1.82) is 0 Å². The number of anilines is 1. The second-order valence-corrected chi connectivity index (χ2v) is 3.86. The lowest BCUT2D eigenvalue weighted by atomic mass is 10.2. The summed E-state index contributed by atoms with van der Waals surface area (Å²) in [6, 6.07) is 1.06. The molecular formula is C11H18N4O3. The molecule has 1 atom stereocenters. The smallest absolute Gasteiger partial charge is 0.327 e. The van der Waals surface area contributed by atoms with Crippen LogP contribution < -0.4 is 11.1 Å². The van der Waals surface area contributed by atoms with E-state index in [2.05, 4.69) is 15.2 Å². The van der Waals surface area contributed by atoms with E-state index in [9.17, 15) is 9.59 Å². The molecule has 1 aromatic rings. The summed E-state index contributed by atoms with van der Waals surface area (Å²) in [4.78, 5) is 22.6. The maximum Gasteiger partial charge on any atom is 0.327 e. The number of nitrogens with zero attached hydrogens (tertiary/aromatic N) is 2. The SMILES string of the molecule is CCCC(N)C(=O)Nc1ccn(CC(=O)OC)n1. The fourth-order valence-electron chi connectivity index (χ4n) is 1.37. The van der Waals surface area contributed by atoms with Crippen LogP contribution in [0.25, 0.3) is 0 Å². The molecule has 1 unspecified atom stereocenters. The maximum atomic E-state index is 11.6. The number of carbonyl (C=O) groups excluding carboxylic acids is 2. The number of carbonyl (C=O) groups is 2. The summed E-state index contributed by atoms with van der Waals surface area (Å²) in [6.07, 6.45) is 3.04. The lowest BCUT2D eigenvalue weighted by Gasteiger charge is -2.08. The van der Waals surface area contributed by atoms with Crippen LogP contribution in [-0.2, 0) is 20.9 Å². The molecule has 0 saturated heterocycles. The molecule has 0 saturated carbocycles. The zero-order valence-electron chi connectivity index (χ0n) is 10.5. The van der Waals surface area contributed by atoms with E-state index >= 15 is 0 Å². The summed E-state index contributed by atoms with van der Waals surface area (Å²) in [5.41, 5.74) is 5.66. The van der Waals surface area contributed by atoms with Crippen LogP contribution in [0.15, 0.2) is 12.3 Å². The third-order valence-corrected chi connectivity index (χ3v) is 2.35. The lowest BCUT2D eigenvalue weighted by molar-refractivity contribution is -0.141. The molecule has 1 heterocycles. The number of ether oxygens (including phenoxy) is 1. The second kappa shape index (κ2) is 6.75. The summed E-state index contributed by atoms with van der Waals surface area (Å²) < 4.78 is 5.89. The summed E-state index contributed by atoms with van der Waals surface area (Å²) in [6.45, 7) is 1.96. The van der Waals surface area contributed by atoms with Crippen LogP contribution in [0, 0.1) is 0 Å². The van der Waals surface area contributed by atoms with Gasteiger partial charge in [-0.1, -0.05) is 13.3 Å². The van der Waals surface area contributed by atoms with E-state index in [1.807, 2.05) is 6.92 Å². The minimum absolute atomic E-state index is 0.00733. The van der Waals surface area contributed by atoms with Crippen molar-refractivity contribution in [2.24, 2.45) is 5.73 Å². The van der Waals surface area contributed by atoms with Crippen LogP contribution in [0.3, 0.4) is 0 Å². The average Bonchev–Trinajstić information content (AvgIpc) is 2.76. The molecule has 3 N–H and O–H groups in total. The number of methoxy groups -OCH3 is 1. The van der Waals surface area contributed by atoms with Crippen LogP contribution in [0.2, 0.25) is 0 Å². The third kappa shape index (κ3) is 4.17. The summed E-state index contributed by atoms with van der Waals surface area (Å²) >= 11 is 0. The fourth-order valence-corrected chi connectivity index (χ4v) is 1.37. The molecule has 18 heavy (non-hydrogen) atoms. The van der Waals surface area contributed by atoms with Gasteiger partial charge in [-0.3, -0.25) is 14.3 Å². The highest BCUT2D eigenvalue weighted by molar-refractivity contribution is 5.93. The van der Waals surface area contributed by atoms with Gasteiger partial charge in [-0.05, 0) is 6.42 Å². The first-order valence-electron chi connectivity index (χ1n) is 5.73. The Morgan fingerprint density at radius 1 is 1.61 bits per heavy atom. The molecule has 1 aromatic heterocycles. The normalized spacial score (nSPS) is 11.9. The first kappa shape index (κ1) is 14.2. The van der Waals surface area contributed by atoms with Crippen molar-refractivity contribution < 1.29 is 14.3 Å². The highest BCUT2D eigenvalue weighted by Crippen LogP contribution is 2.04. The van der Waals surface area contributed by atoms with Gasteiger partial charge in [0.15, 0.2) is 5.82 Å². The Bertz CT molecular complexity index is 416. The van der Waals surface area contributed by atoms with Crippen LogP contribution in [0.1, 0.15) is 19.8 Å². The Kier molecular flexibility index (Phi) is 5.31. The van der Waals surface area contributed by atoms with Gasteiger partial charge in [0.1, 0.15) is 6.54 Å². The van der Waals surface area contributed by atoms with Gasteiger partial charge in [0, 0.05) is 12.3 Å². The quantitative estimate of drug-likeness (QED) is 0.702. The Labute approximate surface area is 105 Å². The van der Waals surface area contributed by atoms with Crippen molar-refractivity contribution in [3.05, 3.63) is 12.3 Å². The number of esters is 1. The molecule has 0 aliphatic heterocycles. The zero-order valence-corrected chi connectivity index (χ0v) is 10.5. The van der Waals surface area contributed by atoms with Crippen LogP contribution in [0.5, 0.6) is 0 Å². The van der Waals surface area contributed by atoms with Crippen LogP contribution in [0.4, 0.5) is 5.82 Å². The number of nitrogens with two attached hydrogens (primary N) is 1. The first-order valence-corrected chi connectivity index (χ1v) is 5.73. The van der Waals surface area contributed by atoms with Crippen molar-refractivity contribution in [2.45, 2.75) is 32.4 Å². The van der Waals surface area contributed by atoms with E-state index < -0.39 is 12.0 Å². The fraction of sp³-hybridized carbons (Fsp3) is 0.545. The van der Waals surface area contributed by atoms with E-state index in [-0.39, 0.29) is 12.5 Å². The molecular weight excluding hydrogens is 236 g/mol. The molecule has 7 heteroatoms. The lowest BCUT2D eigenvalue weighted by Crippen LogP contribution is -2.35. The molecule has 0 aliphatic carbocycles. The number of hydrogen-bond donors (Lipinski definition) is 2.